The van der Waals surface area contributed by atoms with Crippen LogP contribution in [0.5, 0.6) is 0 Å². The Kier molecular flexibility index (Phi) is 7.28. The molecule has 1 aromatic heterocycles. The van der Waals surface area contributed by atoms with Crippen molar-refractivity contribution in [3.8, 4) is 0 Å². The van der Waals surface area contributed by atoms with Gasteiger partial charge < -0.3 is 10.2 Å². The standard InChI is InChI=1S/C11H18N4O.2ClH/c1-9-6-12-3-4-15(9)11(16)5-10-7-13-14(2)8-10;;/h7-9,12H,3-6H2,1-2H3;2*1H/t9-;;/m1../s1. The molecule has 1 atom stereocenters. The van der Waals surface area contributed by atoms with Crippen molar-refractivity contribution in [2.45, 2.75) is 19.4 Å². The second-order valence-electron chi connectivity index (χ2n) is 4.34. The number of hydrogen-bond donors (Lipinski definition) is 1. The number of carbonyl (C=O) groups is 1. The van der Waals surface area contributed by atoms with E-state index in [1.54, 1.807) is 10.9 Å². The van der Waals surface area contributed by atoms with Crippen molar-refractivity contribution in [1.29, 1.82) is 0 Å². The molecule has 5 nitrogen and oxygen atoms in total. The molecule has 104 valence electrons. The molecule has 1 fully saturated rings. The molecule has 0 bridgehead atoms. The van der Waals surface area contributed by atoms with Crippen molar-refractivity contribution in [3.63, 3.8) is 0 Å². The Morgan fingerprint density at radius 1 is 1.56 bits per heavy atom. The molecular weight excluding hydrogens is 275 g/mol. The Hall–Kier alpha value is -0.780. The Bertz CT molecular complexity index is 383. The number of nitrogens with one attached hydrogen (secondary N) is 1. The predicted octanol–water partition coefficient (Wildman–Crippen LogP) is 0.626. The summed E-state index contributed by atoms with van der Waals surface area (Å²) in [6.45, 7) is 4.66. The smallest absolute Gasteiger partial charge is 0.227 e. The first-order valence-corrected chi connectivity index (χ1v) is 5.64. The normalized spacial score (nSPS) is 18.8. The van der Waals surface area contributed by atoms with Gasteiger partial charge in [0, 0.05) is 38.9 Å². The maximum Gasteiger partial charge on any atom is 0.227 e. The van der Waals surface area contributed by atoms with E-state index >= 15 is 0 Å². The Morgan fingerprint density at radius 2 is 2.28 bits per heavy atom. The lowest BCUT2D eigenvalue weighted by Crippen LogP contribution is -2.52. The number of aromatic nitrogens is 2. The van der Waals surface area contributed by atoms with Crippen molar-refractivity contribution in [3.05, 3.63) is 18.0 Å². The third-order valence-corrected chi connectivity index (χ3v) is 2.94. The molecule has 2 rings (SSSR count). The molecule has 0 radical (unpaired) electrons. The van der Waals surface area contributed by atoms with Gasteiger partial charge >= 0.3 is 0 Å². The monoisotopic (exact) mass is 294 g/mol. The van der Waals surface area contributed by atoms with E-state index in [0.29, 0.717) is 6.42 Å². The van der Waals surface area contributed by atoms with E-state index < -0.39 is 0 Å². The highest BCUT2D eigenvalue weighted by Crippen LogP contribution is 2.07. The Labute approximate surface area is 120 Å². The van der Waals surface area contributed by atoms with Gasteiger partial charge in [-0.05, 0) is 12.5 Å². The lowest BCUT2D eigenvalue weighted by atomic mass is 10.1. The third kappa shape index (κ3) is 4.15. The van der Waals surface area contributed by atoms with E-state index in [0.717, 1.165) is 25.2 Å². The highest BCUT2D eigenvalue weighted by atomic mass is 35.5. The van der Waals surface area contributed by atoms with Gasteiger partial charge in [-0.15, -0.1) is 24.8 Å². The molecule has 1 aromatic rings. The van der Waals surface area contributed by atoms with Crippen molar-refractivity contribution >= 4 is 30.7 Å². The lowest BCUT2D eigenvalue weighted by Gasteiger charge is -2.34. The van der Waals surface area contributed by atoms with Crippen LogP contribution < -0.4 is 5.32 Å². The zero-order chi connectivity index (χ0) is 11.5. The summed E-state index contributed by atoms with van der Waals surface area (Å²) in [5.41, 5.74) is 0.984. The van der Waals surface area contributed by atoms with E-state index in [2.05, 4.69) is 17.3 Å². The SMILES string of the molecule is C[C@@H]1CNCCN1C(=O)Cc1cnn(C)c1.Cl.Cl. The van der Waals surface area contributed by atoms with Crippen LogP contribution in [0.4, 0.5) is 0 Å². The molecule has 1 amide bonds. The molecule has 1 saturated heterocycles. The molecule has 0 saturated carbocycles. The number of rotatable bonds is 2. The summed E-state index contributed by atoms with van der Waals surface area (Å²) in [5.74, 6) is 0.196. The Morgan fingerprint density at radius 3 is 2.83 bits per heavy atom. The average Bonchev–Trinajstić information content (AvgIpc) is 2.64. The van der Waals surface area contributed by atoms with E-state index in [4.69, 9.17) is 0 Å². The summed E-state index contributed by atoms with van der Waals surface area (Å²) in [4.78, 5) is 14.0. The van der Waals surface area contributed by atoms with E-state index in [-0.39, 0.29) is 36.8 Å². The highest BCUT2D eigenvalue weighted by Gasteiger charge is 2.22. The number of nitrogens with zero attached hydrogens (tertiary/aromatic N) is 3. The molecule has 2 heterocycles. The fraction of sp³-hybridized carbons (Fsp3) is 0.636. The van der Waals surface area contributed by atoms with E-state index in [1.165, 1.54) is 0 Å². The lowest BCUT2D eigenvalue weighted by molar-refractivity contribution is -0.133. The van der Waals surface area contributed by atoms with Crippen molar-refractivity contribution in [2.24, 2.45) is 7.05 Å². The van der Waals surface area contributed by atoms with Gasteiger partial charge in [-0.2, -0.15) is 5.10 Å². The van der Waals surface area contributed by atoms with Crippen LogP contribution in [0.2, 0.25) is 0 Å². The number of hydrogen-bond acceptors (Lipinski definition) is 3. The van der Waals surface area contributed by atoms with Gasteiger partial charge in [-0.1, -0.05) is 0 Å². The quantitative estimate of drug-likeness (QED) is 0.870. The first-order chi connectivity index (χ1) is 7.66. The van der Waals surface area contributed by atoms with Crippen LogP contribution in [-0.4, -0.2) is 46.3 Å². The summed E-state index contributed by atoms with van der Waals surface area (Å²) >= 11 is 0. The van der Waals surface area contributed by atoms with Gasteiger partial charge in [0.2, 0.25) is 5.91 Å². The van der Waals surface area contributed by atoms with Crippen LogP contribution in [0.3, 0.4) is 0 Å². The van der Waals surface area contributed by atoms with Gasteiger partial charge in [0.25, 0.3) is 0 Å². The van der Waals surface area contributed by atoms with Crippen LogP contribution in [0.1, 0.15) is 12.5 Å². The van der Waals surface area contributed by atoms with Gasteiger partial charge in [0.05, 0.1) is 12.6 Å². The number of carbonyl (C=O) groups excluding carboxylic acids is 1. The molecule has 0 aliphatic carbocycles. The summed E-state index contributed by atoms with van der Waals surface area (Å²) in [6.07, 6.45) is 4.10. The summed E-state index contributed by atoms with van der Waals surface area (Å²) in [5, 5.41) is 7.34. The number of aryl methyl sites for hydroxylation is 1. The Balaban J connectivity index is 0.00000144. The number of piperazine rings is 1. The zero-order valence-electron chi connectivity index (χ0n) is 10.6. The molecule has 1 aliphatic heterocycles. The number of amides is 1. The fourth-order valence-electron chi connectivity index (χ4n) is 2.05. The van der Waals surface area contributed by atoms with Crippen LogP contribution in [0.15, 0.2) is 12.4 Å². The van der Waals surface area contributed by atoms with Crippen LogP contribution >= 0.6 is 24.8 Å². The van der Waals surface area contributed by atoms with Crippen molar-refractivity contribution < 1.29 is 4.79 Å². The molecule has 0 unspecified atom stereocenters. The molecule has 1 aliphatic rings. The first-order valence-electron chi connectivity index (χ1n) is 5.64. The molecule has 1 N–H and O–H groups in total. The van der Waals surface area contributed by atoms with Gasteiger partial charge in [0.1, 0.15) is 0 Å². The van der Waals surface area contributed by atoms with E-state index in [1.807, 2.05) is 18.1 Å². The highest BCUT2D eigenvalue weighted by molar-refractivity contribution is 5.85. The van der Waals surface area contributed by atoms with E-state index in [9.17, 15) is 4.79 Å². The molecule has 7 heteroatoms. The minimum absolute atomic E-state index is 0. The second-order valence-corrected chi connectivity index (χ2v) is 4.34. The fourth-order valence-corrected chi connectivity index (χ4v) is 2.05. The summed E-state index contributed by atoms with van der Waals surface area (Å²) < 4.78 is 1.73. The van der Waals surface area contributed by atoms with Crippen LogP contribution in [-0.2, 0) is 18.3 Å². The molecule has 0 spiro atoms. The van der Waals surface area contributed by atoms with Gasteiger partial charge in [0.15, 0.2) is 0 Å². The van der Waals surface area contributed by atoms with Crippen molar-refractivity contribution in [2.75, 3.05) is 19.6 Å². The molecular formula is C11H20Cl2N4O. The number of halogens is 2. The maximum atomic E-state index is 12.0. The third-order valence-electron chi connectivity index (χ3n) is 2.94. The van der Waals surface area contributed by atoms with Crippen LogP contribution in [0, 0.1) is 0 Å². The van der Waals surface area contributed by atoms with Gasteiger partial charge in [-0.25, -0.2) is 0 Å². The zero-order valence-corrected chi connectivity index (χ0v) is 12.3. The van der Waals surface area contributed by atoms with Gasteiger partial charge in [-0.3, -0.25) is 9.48 Å². The molecule has 0 aromatic carbocycles. The minimum atomic E-state index is 0. The van der Waals surface area contributed by atoms with Crippen LogP contribution in [0.25, 0.3) is 0 Å². The summed E-state index contributed by atoms with van der Waals surface area (Å²) in [7, 11) is 1.86. The largest absolute Gasteiger partial charge is 0.337 e. The van der Waals surface area contributed by atoms with Crippen molar-refractivity contribution in [1.82, 2.24) is 20.0 Å². The summed E-state index contributed by atoms with van der Waals surface area (Å²) in [6, 6.07) is 0.290. The minimum Gasteiger partial charge on any atom is -0.337 e. The molecule has 18 heavy (non-hydrogen) atoms. The maximum absolute atomic E-state index is 12.0. The average molecular weight is 295 g/mol. The topological polar surface area (TPSA) is 50.2 Å². The predicted molar refractivity (Wildman–Crippen MR) is 75.5 cm³/mol. The first kappa shape index (κ1) is 17.2. The second kappa shape index (κ2) is 7.61.